The van der Waals surface area contributed by atoms with Crippen molar-refractivity contribution in [3.63, 3.8) is 0 Å². The topological polar surface area (TPSA) is 61.9 Å². The number of aryl methyl sites for hydroxylation is 1. The number of anilines is 1. The number of ether oxygens (including phenoxy) is 1. The van der Waals surface area contributed by atoms with Gasteiger partial charge in [0.05, 0.1) is 13.2 Å². The molecule has 0 radical (unpaired) electrons. The van der Waals surface area contributed by atoms with Gasteiger partial charge in [-0.25, -0.2) is 9.18 Å². The van der Waals surface area contributed by atoms with Crippen LogP contribution in [0.1, 0.15) is 66.7 Å². The summed E-state index contributed by atoms with van der Waals surface area (Å²) in [6.45, 7) is 11.6. The third kappa shape index (κ3) is 8.38. The quantitative estimate of drug-likeness (QED) is 0.259. The van der Waals surface area contributed by atoms with Crippen LogP contribution in [0.15, 0.2) is 53.9 Å². The first-order chi connectivity index (χ1) is 18.6. The summed E-state index contributed by atoms with van der Waals surface area (Å²) in [5, 5.41) is 5.13. The molecular formula is C31H40FN3O3S. The average Bonchev–Trinajstić information content (AvgIpc) is 3.30. The van der Waals surface area contributed by atoms with Crippen LogP contribution in [0.25, 0.3) is 0 Å². The first-order valence-electron chi connectivity index (χ1n) is 13.3. The predicted octanol–water partition coefficient (Wildman–Crippen LogP) is 7.15. The van der Waals surface area contributed by atoms with Crippen LogP contribution in [0.2, 0.25) is 0 Å². The van der Waals surface area contributed by atoms with E-state index in [0.717, 1.165) is 32.8 Å². The van der Waals surface area contributed by atoms with E-state index in [1.807, 2.05) is 36.6 Å². The molecule has 0 saturated heterocycles. The largest absolute Gasteiger partial charge is 0.383 e. The van der Waals surface area contributed by atoms with Gasteiger partial charge < -0.3 is 19.9 Å². The van der Waals surface area contributed by atoms with Gasteiger partial charge in [-0.3, -0.25) is 4.79 Å². The van der Waals surface area contributed by atoms with E-state index >= 15 is 0 Å². The van der Waals surface area contributed by atoms with E-state index < -0.39 is 0 Å². The highest BCUT2D eigenvalue weighted by atomic mass is 32.1. The van der Waals surface area contributed by atoms with E-state index in [2.05, 4.69) is 33.0 Å². The maximum absolute atomic E-state index is 13.7. The summed E-state index contributed by atoms with van der Waals surface area (Å²) in [6.07, 6.45) is 0. The molecule has 0 saturated carbocycles. The van der Waals surface area contributed by atoms with Crippen LogP contribution in [0.5, 0.6) is 0 Å². The van der Waals surface area contributed by atoms with E-state index in [0.29, 0.717) is 19.7 Å². The fourth-order valence-corrected chi connectivity index (χ4v) is 5.30. The number of rotatable bonds is 12. The lowest BCUT2D eigenvalue weighted by atomic mass is 9.93. The Morgan fingerprint density at radius 3 is 2.13 bits per heavy atom. The third-order valence-corrected chi connectivity index (χ3v) is 7.73. The van der Waals surface area contributed by atoms with Gasteiger partial charge in [0.15, 0.2) is 0 Å². The van der Waals surface area contributed by atoms with E-state index in [4.69, 9.17) is 4.74 Å². The molecule has 0 atom stereocenters. The van der Waals surface area contributed by atoms with Gasteiger partial charge in [0.1, 0.15) is 12.4 Å². The number of urea groups is 1. The lowest BCUT2D eigenvalue weighted by Crippen LogP contribution is -2.45. The summed E-state index contributed by atoms with van der Waals surface area (Å²) in [5.41, 5.74) is 4.84. The van der Waals surface area contributed by atoms with Crippen molar-refractivity contribution < 1.29 is 18.7 Å². The minimum atomic E-state index is -0.343. The molecule has 0 bridgehead atoms. The molecule has 0 spiro atoms. The Hall–Kier alpha value is -3.23. The maximum Gasteiger partial charge on any atom is 0.322 e. The molecule has 0 fully saturated rings. The van der Waals surface area contributed by atoms with Crippen molar-refractivity contribution >= 4 is 29.0 Å². The molecule has 2 aromatic carbocycles. The summed E-state index contributed by atoms with van der Waals surface area (Å²) in [6, 6.07) is 13.9. The van der Waals surface area contributed by atoms with Gasteiger partial charge in [-0.05, 0) is 64.6 Å². The van der Waals surface area contributed by atoms with Gasteiger partial charge in [-0.15, -0.1) is 11.3 Å². The third-order valence-electron chi connectivity index (χ3n) is 6.73. The molecule has 0 unspecified atom stereocenters. The molecule has 39 heavy (non-hydrogen) atoms. The van der Waals surface area contributed by atoms with Crippen molar-refractivity contribution in [2.75, 3.05) is 32.1 Å². The van der Waals surface area contributed by atoms with Gasteiger partial charge in [-0.1, -0.05) is 58.0 Å². The van der Waals surface area contributed by atoms with Crippen LogP contribution in [-0.2, 0) is 22.6 Å². The van der Waals surface area contributed by atoms with Crippen LogP contribution >= 0.6 is 11.3 Å². The lowest BCUT2D eigenvalue weighted by molar-refractivity contribution is -0.133. The molecule has 210 valence electrons. The van der Waals surface area contributed by atoms with Crippen LogP contribution in [0.3, 0.4) is 0 Å². The first kappa shape index (κ1) is 30.3. The fraction of sp³-hybridized carbons (Fsp3) is 0.419. The van der Waals surface area contributed by atoms with Gasteiger partial charge in [0, 0.05) is 30.8 Å². The van der Waals surface area contributed by atoms with Crippen molar-refractivity contribution in [2.45, 2.75) is 59.5 Å². The average molecular weight is 554 g/mol. The number of carbonyl (C=O) groups is 2. The molecule has 3 rings (SSSR count). The molecular weight excluding hydrogens is 513 g/mol. The van der Waals surface area contributed by atoms with Gasteiger partial charge in [-0.2, -0.15) is 0 Å². The highest BCUT2D eigenvalue weighted by molar-refractivity contribution is 7.10. The number of hydrogen-bond donors (Lipinski definition) is 1. The Bertz CT molecular complexity index is 1210. The highest BCUT2D eigenvalue weighted by Gasteiger charge is 2.24. The van der Waals surface area contributed by atoms with Gasteiger partial charge in [0.2, 0.25) is 5.91 Å². The van der Waals surface area contributed by atoms with Crippen LogP contribution in [-0.4, -0.2) is 48.5 Å². The number of para-hydroxylation sites is 1. The number of thiophene rings is 1. The lowest BCUT2D eigenvalue weighted by Gasteiger charge is -2.29. The van der Waals surface area contributed by atoms with E-state index in [-0.39, 0.29) is 42.7 Å². The Balaban J connectivity index is 1.86. The Kier molecular flexibility index (Phi) is 11.1. The van der Waals surface area contributed by atoms with Crippen molar-refractivity contribution in [1.82, 2.24) is 9.80 Å². The number of hydrogen-bond acceptors (Lipinski definition) is 4. The standard InChI is InChI=1S/C31H40FN3O3S/c1-21(2)26-8-7-9-27(22(3)4)30(26)33-31(37)34(15-16-38-6)20-29(36)35(19-28-23(5)14-17-39-28)18-24-10-12-25(32)13-11-24/h7-14,17,21-22H,15-16,18-20H2,1-6H3,(H,33,37). The van der Waals surface area contributed by atoms with E-state index in [1.165, 1.54) is 17.0 Å². The normalized spacial score (nSPS) is 11.2. The minimum absolute atomic E-state index is 0.109. The highest BCUT2D eigenvalue weighted by Crippen LogP contribution is 2.32. The number of nitrogens with one attached hydrogen (secondary N) is 1. The summed E-state index contributed by atoms with van der Waals surface area (Å²) >= 11 is 1.59. The predicted molar refractivity (Wildman–Crippen MR) is 157 cm³/mol. The van der Waals surface area contributed by atoms with Crippen molar-refractivity contribution in [2.24, 2.45) is 0 Å². The molecule has 6 nitrogen and oxygen atoms in total. The molecule has 1 N–H and O–H groups in total. The van der Waals surface area contributed by atoms with Crippen molar-refractivity contribution in [3.8, 4) is 0 Å². The van der Waals surface area contributed by atoms with Gasteiger partial charge >= 0.3 is 6.03 Å². The van der Waals surface area contributed by atoms with E-state index in [1.54, 1.807) is 35.5 Å². The maximum atomic E-state index is 13.7. The number of nitrogens with zero attached hydrogens (tertiary/aromatic N) is 2. The second-order valence-corrected chi connectivity index (χ2v) is 11.4. The monoisotopic (exact) mass is 553 g/mol. The summed E-state index contributed by atoms with van der Waals surface area (Å²) < 4.78 is 18.8. The summed E-state index contributed by atoms with van der Waals surface area (Å²) in [5.74, 6) is -0.0863. The van der Waals surface area contributed by atoms with Crippen LogP contribution in [0, 0.1) is 12.7 Å². The summed E-state index contributed by atoms with van der Waals surface area (Å²) in [4.78, 5) is 31.7. The molecule has 8 heteroatoms. The number of amides is 3. The molecule has 1 heterocycles. The second-order valence-electron chi connectivity index (χ2n) is 10.4. The SMILES string of the molecule is COCCN(CC(=O)N(Cc1ccc(F)cc1)Cc1sccc1C)C(=O)Nc1c(C(C)C)cccc1C(C)C. The Labute approximate surface area is 235 Å². The molecule has 3 amide bonds. The zero-order valence-electron chi connectivity index (χ0n) is 23.8. The Morgan fingerprint density at radius 2 is 1.59 bits per heavy atom. The number of methoxy groups -OCH3 is 1. The second kappa shape index (κ2) is 14.2. The number of carbonyl (C=O) groups excluding carboxylic acids is 2. The molecule has 0 aliphatic rings. The molecule has 0 aliphatic heterocycles. The molecule has 3 aromatic rings. The fourth-order valence-electron chi connectivity index (χ4n) is 4.38. The van der Waals surface area contributed by atoms with Crippen LogP contribution < -0.4 is 5.32 Å². The first-order valence-corrected chi connectivity index (χ1v) is 14.2. The number of benzene rings is 2. The summed E-state index contributed by atoms with van der Waals surface area (Å²) in [7, 11) is 1.57. The van der Waals surface area contributed by atoms with Crippen LogP contribution in [0.4, 0.5) is 14.9 Å². The zero-order chi connectivity index (χ0) is 28.5. The van der Waals surface area contributed by atoms with Crippen molar-refractivity contribution in [1.29, 1.82) is 0 Å². The van der Waals surface area contributed by atoms with Gasteiger partial charge in [0.25, 0.3) is 0 Å². The number of halogens is 1. The molecule has 1 aromatic heterocycles. The molecule has 0 aliphatic carbocycles. The Morgan fingerprint density at radius 1 is 0.949 bits per heavy atom. The zero-order valence-corrected chi connectivity index (χ0v) is 24.6. The smallest absolute Gasteiger partial charge is 0.322 e. The van der Waals surface area contributed by atoms with E-state index in [9.17, 15) is 14.0 Å². The van der Waals surface area contributed by atoms with Crippen molar-refractivity contribution in [3.05, 3.63) is 86.9 Å². The minimum Gasteiger partial charge on any atom is -0.383 e.